The molecule has 1 aliphatic heterocycles. The van der Waals surface area contributed by atoms with Gasteiger partial charge in [-0.3, -0.25) is 0 Å². The molecule has 3 nitrogen and oxygen atoms in total. The summed E-state index contributed by atoms with van der Waals surface area (Å²) in [4.78, 5) is 6.48. The maximum absolute atomic E-state index is 4.97. The number of para-hydroxylation sites is 1. The van der Waals surface area contributed by atoms with Crippen LogP contribution in [0.4, 0.5) is 5.69 Å². The van der Waals surface area contributed by atoms with Gasteiger partial charge in [-0.25, -0.2) is 4.98 Å². The Morgan fingerprint density at radius 3 is 3.13 bits per heavy atom. The molecule has 0 aliphatic carbocycles. The summed E-state index contributed by atoms with van der Waals surface area (Å²) in [5, 5.41) is 0. The molecule has 0 fully saturated rings. The van der Waals surface area contributed by atoms with E-state index in [4.69, 9.17) is 4.42 Å². The van der Waals surface area contributed by atoms with Crippen molar-refractivity contribution in [3.8, 4) is 0 Å². The van der Waals surface area contributed by atoms with Gasteiger partial charge in [0, 0.05) is 12.2 Å². The zero-order valence-corrected chi connectivity index (χ0v) is 8.39. The number of anilines is 1. The molecule has 0 atom stereocenters. The summed E-state index contributed by atoms with van der Waals surface area (Å²) < 4.78 is 4.97. The lowest BCUT2D eigenvalue weighted by Gasteiger charge is -2.17. The van der Waals surface area contributed by atoms with E-state index in [0.717, 1.165) is 25.2 Å². The van der Waals surface area contributed by atoms with Crippen LogP contribution in [0.5, 0.6) is 0 Å². The Morgan fingerprint density at radius 1 is 1.33 bits per heavy atom. The average molecular weight is 200 g/mol. The lowest BCUT2D eigenvalue weighted by atomic mass is 10.2. The summed E-state index contributed by atoms with van der Waals surface area (Å²) in [7, 11) is 0. The van der Waals surface area contributed by atoms with Crippen LogP contribution in [0.25, 0.3) is 0 Å². The normalized spacial score (nSPS) is 14.3. The van der Waals surface area contributed by atoms with Crippen molar-refractivity contribution in [2.75, 3.05) is 11.4 Å². The van der Waals surface area contributed by atoms with Crippen LogP contribution in [0.15, 0.2) is 41.3 Å². The number of aromatic nitrogens is 1. The van der Waals surface area contributed by atoms with Gasteiger partial charge in [-0.2, -0.15) is 0 Å². The second-order valence-electron chi connectivity index (χ2n) is 3.78. The maximum Gasteiger partial charge on any atom is 0.180 e. The number of rotatable bonds is 2. The highest BCUT2D eigenvalue weighted by Crippen LogP contribution is 2.28. The molecule has 0 spiro atoms. The molecule has 3 rings (SSSR count). The van der Waals surface area contributed by atoms with E-state index >= 15 is 0 Å². The minimum Gasteiger partial charge on any atom is -0.451 e. The van der Waals surface area contributed by atoms with Gasteiger partial charge in [-0.1, -0.05) is 18.2 Å². The van der Waals surface area contributed by atoms with Crippen molar-refractivity contribution < 1.29 is 4.42 Å². The van der Waals surface area contributed by atoms with Gasteiger partial charge in [0.15, 0.2) is 6.39 Å². The Hall–Kier alpha value is -1.77. The fraction of sp³-hybridized carbons (Fsp3) is 0.250. The summed E-state index contributed by atoms with van der Waals surface area (Å²) in [5.74, 6) is 0. The minimum absolute atomic E-state index is 0.841. The van der Waals surface area contributed by atoms with Gasteiger partial charge in [0.25, 0.3) is 0 Å². The fourth-order valence-electron chi connectivity index (χ4n) is 2.08. The van der Waals surface area contributed by atoms with Crippen molar-refractivity contribution in [2.24, 2.45) is 0 Å². The maximum atomic E-state index is 4.97. The predicted octanol–water partition coefficient (Wildman–Crippen LogP) is 2.24. The van der Waals surface area contributed by atoms with Crippen molar-refractivity contribution >= 4 is 5.69 Å². The van der Waals surface area contributed by atoms with E-state index in [9.17, 15) is 0 Å². The molecular formula is C12H12N2O. The van der Waals surface area contributed by atoms with E-state index in [1.165, 1.54) is 17.6 Å². The fourth-order valence-corrected chi connectivity index (χ4v) is 2.08. The van der Waals surface area contributed by atoms with Crippen LogP contribution in [-0.2, 0) is 13.0 Å². The Kier molecular flexibility index (Phi) is 1.95. The molecule has 2 aromatic rings. The number of oxazole rings is 1. The molecule has 1 aromatic carbocycles. The van der Waals surface area contributed by atoms with E-state index < -0.39 is 0 Å². The molecular weight excluding hydrogens is 188 g/mol. The van der Waals surface area contributed by atoms with E-state index in [1.54, 1.807) is 6.26 Å². The van der Waals surface area contributed by atoms with E-state index in [-0.39, 0.29) is 0 Å². The van der Waals surface area contributed by atoms with Crippen molar-refractivity contribution in [1.29, 1.82) is 0 Å². The Bertz CT molecular complexity index is 450. The second kappa shape index (κ2) is 3.42. The summed E-state index contributed by atoms with van der Waals surface area (Å²) in [6.07, 6.45) is 4.33. The number of benzene rings is 1. The Balaban J connectivity index is 1.85. The van der Waals surface area contributed by atoms with E-state index in [2.05, 4.69) is 34.1 Å². The first-order chi connectivity index (χ1) is 7.43. The molecule has 0 bridgehead atoms. The highest BCUT2D eigenvalue weighted by molar-refractivity contribution is 5.57. The third kappa shape index (κ3) is 1.50. The van der Waals surface area contributed by atoms with Crippen LogP contribution in [0.2, 0.25) is 0 Å². The number of nitrogens with zero attached hydrogens (tertiary/aromatic N) is 2. The molecule has 0 unspecified atom stereocenters. The number of hydrogen-bond acceptors (Lipinski definition) is 3. The van der Waals surface area contributed by atoms with E-state index in [0.29, 0.717) is 0 Å². The van der Waals surface area contributed by atoms with Gasteiger partial charge in [0.2, 0.25) is 0 Å². The molecule has 0 N–H and O–H groups in total. The molecule has 3 heteroatoms. The van der Waals surface area contributed by atoms with Crippen molar-refractivity contribution in [2.45, 2.75) is 13.0 Å². The first-order valence-electron chi connectivity index (χ1n) is 5.13. The topological polar surface area (TPSA) is 29.3 Å². The zero-order chi connectivity index (χ0) is 10.1. The molecule has 0 saturated heterocycles. The summed E-state index contributed by atoms with van der Waals surface area (Å²) in [6.45, 7) is 1.92. The van der Waals surface area contributed by atoms with Crippen molar-refractivity contribution in [3.63, 3.8) is 0 Å². The standard InChI is InChI=1S/C12H12N2O/c1-2-4-12-10(3-1)5-6-14(12)7-11-8-15-9-13-11/h1-4,8-9H,5-7H2. The zero-order valence-electron chi connectivity index (χ0n) is 8.39. The first kappa shape index (κ1) is 8.53. The van der Waals surface area contributed by atoms with Crippen molar-refractivity contribution in [3.05, 3.63) is 48.2 Å². The largest absolute Gasteiger partial charge is 0.451 e. The van der Waals surface area contributed by atoms with Crippen LogP contribution in [0, 0.1) is 0 Å². The summed E-state index contributed by atoms with van der Waals surface area (Å²) >= 11 is 0. The number of fused-ring (bicyclic) bond motifs is 1. The molecule has 2 heterocycles. The molecule has 15 heavy (non-hydrogen) atoms. The summed E-state index contributed by atoms with van der Waals surface area (Å²) in [6, 6.07) is 8.54. The lowest BCUT2D eigenvalue weighted by Crippen LogP contribution is -2.19. The first-order valence-corrected chi connectivity index (χ1v) is 5.13. The Morgan fingerprint density at radius 2 is 2.27 bits per heavy atom. The molecule has 0 amide bonds. The highest BCUT2D eigenvalue weighted by atomic mass is 16.3. The average Bonchev–Trinajstić information content (AvgIpc) is 2.89. The van der Waals surface area contributed by atoms with Gasteiger partial charge in [-0.15, -0.1) is 0 Å². The lowest BCUT2D eigenvalue weighted by molar-refractivity contribution is 0.556. The predicted molar refractivity (Wildman–Crippen MR) is 57.7 cm³/mol. The van der Waals surface area contributed by atoms with Gasteiger partial charge in [0.05, 0.1) is 12.2 Å². The van der Waals surface area contributed by atoms with Crippen LogP contribution in [-0.4, -0.2) is 11.5 Å². The molecule has 76 valence electrons. The molecule has 1 aliphatic rings. The minimum atomic E-state index is 0.841. The SMILES string of the molecule is c1ccc2c(c1)CCN2Cc1cocn1. The molecule has 0 saturated carbocycles. The molecule has 1 aromatic heterocycles. The monoisotopic (exact) mass is 200 g/mol. The summed E-state index contributed by atoms with van der Waals surface area (Å²) in [5.41, 5.74) is 3.76. The van der Waals surface area contributed by atoms with Crippen molar-refractivity contribution in [1.82, 2.24) is 4.98 Å². The van der Waals surface area contributed by atoms with Gasteiger partial charge < -0.3 is 9.32 Å². The van der Waals surface area contributed by atoms with Crippen LogP contribution in [0.1, 0.15) is 11.3 Å². The third-order valence-electron chi connectivity index (χ3n) is 2.82. The van der Waals surface area contributed by atoms with Crippen LogP contribution in [0.3, 0.4) is 0 Å². The Labute approximate surface area is 88.4 Å². The quantitative estimate of drug-likeness (QED) is 0.744. The second-order valence-corrected chi connectivity index (χ2v) is 3.78. The van der Waals surface area contributed by atoms with E-state index in [1.807, 2.05) is 0 Å². The number of hydrogen-bond donors (Lipinski definition) is 0. The van der Waals surface area contributed by atoms with Crippen LogP contribution >= 0.6 is 0 Å². The molecule has 0 radical (unpaired) electrons. The smallest absolute Gasteiger partial charge is 0.180 e. The van der Waals surface area contributed by atoms with Gasteiger partial charge in [-0.05, 0) is 18.1 Å². The third-order valence-corrected chi connectivity index (χ3v) is 2.82. The van der Waals surface area contributed by atoms with Gasteiger partial charge in [0.1, 0.15) is 6.26 Å². The van der Waals surface area contributed by atoms with Crippen LogP contribution < -0.4 is 4.90 Å². The van der Waals surface area contributed by atoms with Gasteiger partial charge >= 0.3 is 0 Å². The highest BCUT2D eigenvalue weighted by Gasteiger charge is 2.18.